The van der Waals surface area contributed by atoms with Crippen molar-refractivity contribution in [2.75, 3.05) is 26.2 Å². The van der Waals surface area contributed by atoms with Crippen LogP contribution >= 0.6 is 0 Å². The molecule has 144 valence electrons. The molecule has 0 amide bonds. The minimum atomic E-state index is 0.538. The summed E-state index contributed by atoms with van der Waals surface area (Å²) in [6.45, 7) is 11.5. The van der Waals surface area contributed by atoms with E-state index < -0.39 is 0 Å². The zero-order valence-electron chi connectivity index (χ0n) is 16.6. The van der Waals surface area contributed by atoms with Gasteiger partial charge >= 0.3 is 0 Å². The van der Waals surface area contributed by atoms with Crippen molar-refractivity contribution in [3.63, 3.8) is 0 Å². The van der Waals surface area contributed by atoms with Gasteiger partial charge in [-0.3, -0.25) is 5.41 Å². The molecule has 0 atom stereocenters. The highest BCUT2D eigenvalue weighted by Gasteiger charge is 2.11. The molecule has 1 aromatic heterocycles. The molecule has 0 bridgehead atoms. The number of nitrogens with one attached hydrogen (secondary N) is 1. The number of nitrogens with zero attached hydrogens (tertiary/aromatic N) is 3. The largest absolute Gasteiger partial charge is 0.492 e. The van der Waals surface area contributed by atoms with Gasteiger partial charge in [0.15, 0.2) is 0 Å². The van der Waals surface area contributed by atoms with E-state index >= 15 is 0 Å². The summed E-state index contributed by atoms with van der Waals surface area (Å²) >= 11 is 0. The highest BCUT2D eigenvalue weighted by Crippen LogP contribution is 2.14. The van der Waals surface area contributed by atoms with Gasteiger partial charge in [0.05, 0.1) is 17.6 Å². The third-order valence-corrected chi connectivity index (χ3v) is 5.11. The van der Waals surface area contributed by atoms with E-state index in [1.54, 1.807) is 0 Å². The van der Waals surface area contributed by atoms with Gasteiger partial charge in [0.25, 0.3) is 0 Å². The van der Waals surface area contributed by atoms with Crippen LogP contribution in [0.2, 0.25) is 0 Å². The molecule has 0 aliphatic carbocycles. The highest BCUT2D eigenvalue weighted by molar-refractivity contribution is 5.75. The minimum Gasteiger partial charge on any atom is -0.492 e. The first-order valence-corrected chi connectivity index (χ1v) is 9.78. The Bertz CT molecular complexity index is 920. The predicted molar refractivity (Wildman–Crippen MR) is 110 cm³/mol. The second kappa shape index (κ2) is 8.91. The lowest BCUT2D eigenvalue weighted by molar-refractivity contribution is 0.284. The summed E-state index contributed by atoms with van der Waals surface area (Å²) in [7, 11) is 0. The first kappa shape index (κ1) is 19.2. The Morgan fingerprint density at radius 1 is 0.889 bits per heavy atom. The second-order valence-corrected chi connectivity index (χ2v) is 6.80. The number of benzene rings is 2. The van der Waals surface area contributed by atoms with E-state index in [-0.39, 0.29) is 0 Å². The third-order valence-electron chi connectivity index (χ3n) is 5.11. The average Bonchev–Trinajstić information content (AvgIpc) is 2.96. The van der Waals surface area contributed by atoms with Crippen molar-refractivity contribution in [1.29, 1.82) is 5.41 Å². The van der Waals surface area contributed by atoms with Crippen LogP contribution in [-0.2, 0) is 13.1 Å². The van der Waals surface area contributed by atoms with Crippen LogP contribution in [-0.4, -0.2) is 40.3 Å². The fourth-order valence-corrected chi connectivity index (χ4v) is 3.42. The van der Waals surface area contributed by atoms with Gasteiger partial charge < -0.3 is 18.8 Å². The van der Waals surface area contributed by atoms with E-state index in [0.29, 0.717) is 18.8 Å². The van der Waals surface area contributed by atoms with Gasteiger partial charge in [-0.15, -0.1) is 0 Å². The van der Waals surface area contributed by atoms with Gasteiger partial charge in [-0.05, 0) is 44.3 Å². The number of likely N-dealkylation sites (N-methyl/N-ethyl adjacent to an activating group) is 1. The summed E-state index contributed by atoms with van der Waals surface area (Å²) in [5.74, 6) is 0.873. The van der Waals surface area contributed by atoms with Crippen molar-refractivity contribution in [2.24, 2.45) is 0 Å². The van der Waals surface area contributed by atoms with Crippen LogP contribution in [0.3, 0.4) is 0 Å². The Morgan fingerprint density at radius 3 is 2.07 bits per heavy atom. The van der Waals surface area contributed by atoms with Crippen LogP contribution in [0.15, 0.2) is 48.5 Å². The maximum Gasteiger partial charge on any atom is 0.203 e. The van der Waals surface area contributed by atoms with E-state index in [9.17, 15) is 0 Å². The Kier molecular flexibility index (Phi) is 6.35. The number of hydrogen-bond acceptors (Lipinski definition) is 3. The van der Waals surface area contributed by atoms with E-state index in [4.69, 9.17) is 10.1 Å². The molecular formula is C22H30N4O. The molecule has 5 heteroatoms. The zero-order valence-corrected chi connectivity index (χ0v) is 16.6. The molecule has 27 heavy (non-hydrogen) atoms. The molecule has 5 nitrogen and oxygen atoms in total. The summed E-state index contributed by atoms with van der Waals surface area (Å²) in [5, 5.41) is 8.70. The number of aryl methyl sites for hydroxylation is 1. The Morgan fingerprint density at radius 2 is 1.48 bits per heavy atom. The smallest absolute Gasteiger partial charge is 0.203 e. The fraction of sp³-hybridized carbons (Fsp3) is 0.409. The van der Waals surface area contributed by atoms with Crippen LogP contribution in [0.5, 0.6) is 5.75 Å². The zero-order chi connectivity index (χ0) is 19.2. The molecule has 3 rings (SSSR count). The summed E-state index contributed by atoms with van der Waals surface area (Å²) in [4.78, 5) is 2.39. The van der Waals surface area contributed by atoms with Crippen molar-refractivity contribution in [1.82, 2.24) is 14.0 Å². The highest BCUT2D eigenvalue weighted by atomic mass is 16.5. The summed E-state index contributed by atoms with van der Waals surface area (Å²) in [6, 6.07) is 16.4. The molecule has 0 aliphatic rings. The fourth-order valence-electron chi connectivity index (χ4n) is 3.42. The van der Waals surface area contributed by atoms with Crippen LogP contribution < -0.4 is 10.4 Å². The molecule has 0 saturated carbocycles. The van der Waals surface area contributed by atoms with Crippen LogP contribution in [0.1, 0.15) is 19.4 Å². The Labute approximate surface area is 161 Å². The molecule has 2 aromatic carbocycles. The molecule has 0 fully saturated rings. The Hall–Kier alpha value is -2.53. The molecule has 0 unspecified atom stereocenters. The molecule has 0 spiro atoms. The van der Waals surface area contributed by atoms with Crippen LogP contribution in [0.25, 0.3) is 11.0 Å². The molecular weight excluding hydrogens is 336 g/mol. The standard InChI is InChI=1S/C22H30N4O/c1-4-24(5-2)14-15-25-20-8-6-7-9-21(20)26(22(25)23)16-17-27-19-12-10-18(3)11-13-19/h6-13,23H,4-5,14-17H2,1-3H3. The molecule has 1 heterocycles. The van der Waals surface area contributed by atoms with Crippen molar-refractivity contribution in [3.8, 4) is 5.75 Å². The van der Waals surface area contributed by atoms with Gasteiger partial charge in [-0.2, -0.15) is 0 Å². The number of rotatable bonds is 9. The van der Waals surface area contributed by atoms with E-state index in [1.165, 1.54) is 5.56 Å². The van der Waals surface area contributed by atoms with Crippen molar-refractivity contribution >= 4 is 11.0 Å². The summed E-state index contributed by atoms with van der Waals surface area (Å²) < 4.78 is 10.0. The van der Waals surface area contributed by atoms with Crippen LogP contribution in [0.4, 0.5) is 0 Å². The molecule has 0 aliphatic heterocycles. The minimum absolute atomic E-state index is 0.538. The Balaban J connectivity index is 1.77. The number of para-hydroxylation sites is 2. The summed E-state index contributed by atoms with van der Waals surface area (Å²) in [6.07, 6.45) is 0. The quantitative estimate of drug-likeness (QED) is 0.628. The second-order valence-electron chi connectivity index (χ2n) is 6.80. The molecule has 3 aromatic rings. The topological polar surface area (TPSA) is 46.2 Å². The van der Waals surface area contributed by atoms with Gasteiger partial charge in [0.2, 0.25) is 5.62 Å². The number of hydrogen-bond donors (Lipinski definition) is 1. The maximum atomic E-state index is 8.70. The van der Waals surface area contributed by atoms with E-state index in [0.717, 1.165) is 43.0 Å². The monoisotopic (exact) mass is 366 g/mol. The SMILES string of the molecule is CCN(CC)CCn1c(=N)n(CCOc2ccc(C)cc2)c2ccccc21. The molecule has 0 saturated heterocycles. The lowest BCUT2D eigenvalue weighted by Crippen LogP contribution is -2.32. The number of fused-ring (bicyclic) bond motifs is 1. The average molecular weight is 367 g/mol. The normalized spacial score (nSPS) is 11.4. The van der Waals surface area contributed by atoms with Crippen LogP contribution in [0, 0.1) is 12.3 Å². The van der Waals surface area contributed by atoms with E-state index in [1.807, 2.05) is 28.8 Å². The van der Waals surface area contributed by atoms with Gasteiger partial charge in [-0.25, -0.2) is 0 Å². The van der Waals surface area contributed by atoms with E-state index in [2.05, 4.69) is 54.5 Å². The third kappa shape index (κ3) is 4.42. The lowest BCUT2D eigenvalue weighted by Gasteiger charge is -2.18. The maximum absolute atomic E-state index is 8.70. The van der Waals surface area contributed by atoms with Crippen molar-refractivity contribution in [2.45, 2.75) is 33.9 Å². The van der Waals surface area contributed by atoms with Gasteiger partial charge in [0, 0.05) is 13.1 Å². The molecule has 1 N–H and O–H groups in total. The number of ether oxygens (including phenoxy) is 1. The van der Waals surface area contributed by atoms with Crippen molar-refractivity contribution < 1.29 is 4.74 Å². The van der Waals surface area contributed by atoms with Crippen molar-refractivity contribution in [3.05, 3.63) is 59.7 Å². The molecule has 0 radical (unpaired) electrons. The summed E-state index contributed by atoms with van der Waals surface area (Å²) in [5.41, 5.74) is 3.97. The lowest BCUT2D eigenvalue weighted by atomic mass is 10.2. The predicted octanol–water partition coefficient (Wildman–Crippen LogP) is 3.65. The number of aromatic nitrogens is 2. The van der Waals surface area contributed by atoms with Gasteiger partial charge in [0.1, 0.15) is 12.4 Å². The first-order chi connectivity index (χ1) is 13.1. The van der Waals surface area contributed by atoms with Gasteiger partial charge in [-0.1, -0.05) is 43.7 Å². The number of imidazole rings is 1. The first-order valence-electron chi connectivity index (χ1n) is 9.78.